The summed E-state index contributed by atoms with van der Waals surface area (Å²) in [4.78, 5) is 15.1. The maximum atomic E-state index is 15.1. The van der Waals surface area contributed by atoms with E-state index in [0.29, 0.717) is 57.8 Å². The Balaban J connectivity index is 0.850. The van der Waals surface area contributed by atoms with E-state index in [4.69, 9.17) is 47.4 Å². The second-order valence-corrected chi connectivity index (χ2v) is 28.1. The predicted molar refractivity (Wildman–Crippen MR) is 283 cm³/mol. The highest BCUT2D eigenvalue weighted by molar-refractivity contribution is 5.79. The molecule has 0 amide bonds. The molecule has 5 heterocycles. The van der Waals surface area contributed by atoms with Crippen molar-refractivity contribution >= 4 is 5.97 Å². The zero-order valence-corrected chi connectivity index (χ0v) is 49.0. The van der Waals surface area contributed by atoms with Crippen molar-refractivity contribution in [3.63, 3.8) is 0 Å². The maximum absolute atomic E-state index is 15.1. The topological polar surface area (TPSA) is 413 Å². The standard InChI is InChI=1S/C58H94O26/c1-24-34(63)45(82-48-41(70)35(64)27(61)20-75-48)44(73)50(78-24)83-46-36(65)28(62)21-76-51(46)81-33-11-12-54(4)31(55(33,5)23-60)10-13-57(7)32(54)9-8-25-26-18-53(2,3)14-16-58(26,17-15-56(25,57)6)52(74)84-49-43(72)40(69)38(67)30(80-49)22-77-47-42(71)39(68)37(66)29(19-59)79-47/h8,24,26-51,59-73H,9-23H2,1-7H3. The third kappa shape index (κ3) is 10.9. The van der Waals surface area contributed by atoms with Crippen LogP contribution in [0.3, 0.4) is 0 Å². The normalized spacial score (nSPS) is 54.9. The van der Waals surface area contributed by atoms with Crippen molar-refractivity contribution in [2.45, 2.75) is 260 Å². The van der Waals surface area contributed by atoms with Gasteiger partial charge in [0, 0.05) is 5.41 Å². The van der Waals surface area contributed by atoms with Gasteiger partial charge in [-0.1, -0.05) is 53.2 Å². The molecule has 10 rings (SSSR count). The van der Waals surface area contributed by atoms with Crippen LogP contribution in [0.25, 0.3) is 0 Å². The minimum absolute atomic E-state index is 0.0990. The molecular weight excluding hydrogens is 1110 g/mol. The summed E-state index contributed by atoms with van der Waals surface area (Å²) in [6.07, 6.45) is -28.6. The van der Waals surface area contributed by atoms with Gasteiger partial charge in [-0.15, -0.1) is 0 Å². The number of fused-ring (bicyclic) bond motifs is 7. The first-order valence-electron chi connectivity index (χ1n) is 30.2. The van der Waals surface area contributed by atoms with Crippen LogP contribution in [0.2, 0.25) is 0 Å². The van der Waals surface area contributed by atoms with Crippen LogP contribution in [0, 0.1) is 50.2 Å². The van der Waals surface area contributed by atoms with E-state index in [1.54, 1.807) is 0 Å². The molecule has 10 aliphatic rings. The van der Waals surface area contributed by atoms with Gasteiger partial charge in [0.05, 0.1) is 50.7 Å². The third-order valence-electron chi connectivity index (χ3n) is 22.8. The monoisotopic (exact) mass is 1210 g/mol. The SMILES string of the molecule is CC1OC(OC2C(OC3CCC4(C)C(CCC5(C)C4CC=C4C6CC(C)(C)CCC6(C(=O)OC6OC(COC7OC(CO)C(O)C(O)C7O)C(O)C(O)C6O)CCC45C)C3(C)CO)OCC(O)C2O)C(O)C(OC2OCC(O)C(O)C2O)C1O. The fourth-order valence-electron chi connectivity index (χ4n) is 17.3. The van der Waals surface area contributed by atoms with Crippen molar-refractivity contribution in [2.75, 3.05) is 33.0 Å². The first-order valence-corrected chi connectivity index (χ1v) is 30.2. The van der Waals surface area contributed by atoms with Crippen LogP contribution in [0.4, 0.5) is 0 Å². The molecule has 482 valence electrons. The molecule has 0 aromatic rings. The van der Waals surface area contributed by atoms with Crippen molar-refractivity contribution in [1.82, 2.24) is 0 Å². The quantitative estimate of drug-likeness (QED) is 0.0499. The Morgan fingerprint density at radius 1 is 0.571 bits per heavy atom. The van der Waals surface area contributed by atoms with Crippen molar-refractivity contribution in [3.8, 4) is 0 Å². The minimum atomic E-state index is -1.86. The van der Waals surface area contributed by atoms with E-state index >= 15 is 4.79 Å². The van der Waals surface area contributed by atoms with Crippen molar-refractivity contribution in [2.24, 2.45) is 50.2 Å². The van der Waals surface area contributed by atoms with Crippen LogP contribution in [0.15, 0.2) is 11.6 Å². The smallest absolute Gasteiger partial charge is 0.315 e. The van der Waals surface area contributed by atoms with E-state index in [-0.39, 0.29) is 47.2 Å². The summed E-state index contributed by atoms with van der Waals surface area (Å²) in [5.41, 5.74) is -1.98. The number of rotatable bonds is 13. The Morgan fingerprint density at radius 3 is 1.86 bits per heavy atom. The zero-order valence-electron chi connectivity index (χ0n) is 49.0. The molecule has 26 heteroatoms. The molecule has 0 bridgehead atoms. The number of allylic oxidation sites excluding steroid dienone is 2. The van der Waals surface area contributed by atoms with E-state index in [2.05, 4.69) is 40.7 Å². The second kappa shape index (κ2) is 24.1. The Kier molecular flexibility index (Phi) is 18.7. The molecule has 0 spiro atoms. The molecule has 0 radical (unpaired) electrons. The third-order valence-corrected chi connectivity index (χ3v) is 22.8. The molecule has 9 fully saturated rings. The fraction of sp³-hybridized carbons (Fsp3) is 0.948. The summed E-state index contributed by atoms with van der Waals surface area (Å²) >= 11 is 0. The molecule has 84 heavy (non-hydrogen) atoms. The molecule has 5 aliphatic carbocycles. The van der Waals surface area contributed by atoms with Gasteiger partial charge in [0.2, 0.25) is 6.29 Å². The van der Waals surface area contributed by atoms with Gasteiger partial charge in [0.15, 0.2) is 25.2 Å². The summed E-state index contributed by atoms with van der Waals surface area (Å²) in [5, 5.41) is 162. The number of aliphatic hydroxyl groups excluding tert-OH is 15. The van der Waals surface area contributed by atoms with Crippen LogP contribution in [0.1, 0.15) is 113 Å². The molecule has 5 saturated heterocycles. The average Bonchev–Trinajstić information content (AvgIpc) is 0.836. The lowest BCUT2D eigenvalue weighted by molar-refractivity contribution is -0.379. The van der Waals surface area contributed by atoms with Crippen molar-refractivity contribution in [1.29, 1.82) is 0 Å². The molecule has 32 atom stereocenters. The largest absolute Gasteiger partial charge is 0.432 e. The van der Waals surface area contributed by atoms with Crippen LogP contribution in [-0.4, -0.2) is 263 Å². The van der Waals surface area contributed by atoms with Crippen molar-refractivity contribution in [3.05, 3.63) is 11.6 Å². The Morgan fingerprint density at radius 2 is 1.18 bits per heavy atom. The Bertz CT molecular complexity index is 2330. The van der Waals surface area contributed by atoms with Gasteiger partial charge in [0.25, 0.3) is 0 Å². The lowest BCUT2D eigenvalue weighted by Crippen LogP contribution is -2.67. The molecule has 4 saturated carbocycles. The van der Waals surface area contributed by atoms with Gasteiger partial charge >= 0.3 is 5.97 Å². The molecule has 5 aliphatic heterocycles. The summed E-state index contributed by atoms with van der Waals surface area (Å²) < 4.78 is 59.4. The highest BCUT2D eigenvalue weighted by atomic mass is 16.8. The second-order valence-electron chi connectivity index (χ2n) is 28.1. The number of carbonyl (C=O) groups is 1. The summed E-state index contributed by atoms with van der Waals surface area (Å²) in [7, 11) is 0. The van der Waals surface area contributed by atoms with Gasteiger partial charge in [-0.05, 0) is 111 Å². The number of carbonyl (C=O) groups excluding carboxylic acids is 1. The summed E-state index contributed by atoms with van der Waals surface area (Å²) in [6.45, 7) is 12.6. The molecule has 26 nitrogen and oxygen atoms in total. The predicted octanol–water partition coefficient (Wildman–Crippen LogP) is -2.93. The maximum Gasteiger partial charge on any atom is 0.315 e. The average molecular weight is 1210 g/mol. The Labute approximate surface area is 488 Å². The highest BCUT2D eigenvalue weighted by Gasteiger charge is 2.71. The van der Waals surface area contributed by atoms with E-state index in [1.165, 1.54) is 12.5 Å². The lowest BCUT2D eigenvalue weighted by atomic mass is 9.33. The van der Waals surface area contributed by atoms with E-state index < -0.39 is 189 Å². The molecular formula is C58H94O26. The first-order chi connectivity index (χ1) is 39.4. The van der Waals surface area contributed by atoms with Crippen LogP contribution >= 0.6 is 0 Å². The van der Waals surface area contributed by atoms with Crippen LogP contribution < -0.4 is 0 Å². The number of esters is 1. The minimum Gasteiger partial charge on any atom is -0.432 e. The van der Waals surface area contributed by atoms with E-state index in [1.807, 2.05) is 6.92 Å². The first kappa shape index (κ1) is 65.2. The molecule has 32 unspecified atom stereocenters. The van der Waals surface area contributed by atoms with Crippen LogP contribution in [-0.2, 0) is 52.2 Å². The van der Waals surface area contributed by atoms with E-state index in [0.717, 1.165) is 6.42 Å². The Hall–Kier alpha value is -1.75. The van der Waals surface area contributed by atoms with Gasteiger partial charge < -0.3 is 124 Å². The number of ether oxygens (including phenoxy) is 10. The van der Waals surface area contributed by atoms with E-state index in [9.17, 15) is 76.6 Å². The van der Waals surface area contributed by atoms with Gasteiger partial charge in [-0.2, -0.15) is 0 Å². The number of hydrogen-bond donors (Lipinski definition) is 15. The van der Waals surface area contributed by atoms with Crippen molar-refractivity contribution < 1.29 is 129 Å². The lowest BCUT2D eigenvalue weighted by Gasteiger charge is -2.71. The van der Waals surface area contributed by atoms with Gasteiger partial charge in [-0.25, -0.2) is 0 Å². The number of aliphatic hydroxyl groups is 15. The highest BCUT2D eigenvalue weighted by Crippen LogP contribution is 2.76. The zero-order chi connectivity index (χ0) is 61.1. The summed E-state index contributed by atoms with van der Waals surface area (Å²) in [5.74, 6) is -0.880. The summed E-state index contributed by atoms with van der Waals surface area (Å²) in [6, 6.07) is 0. The molecule has 0 aromatic heterocycles. The van der Waals surface area contributed by atoms with Gasteiger partial charge in [0.1, 0.15) is 104 Å². The number of hydrogen-bond acceptors (Lipinski definition) is 26. The molecule has 0 aromatic carbocycles. The fourth-order valence-corrected chi connectivity index (χ4v) is 17.3. The van der Waals surface area contributed by atoms with Crippen LogP contribution in [0.5, 0.6) is 0 Å². The molecule has 15 N–H and O–H groups in total. The van der Waals surface area contributed by atoms with Gasteiger partial charge in [-0.3, -0.25) is 4.79 Å².